The van der Waals surface area contributed by atoms with Gasteiger partial charge in [-0.25, -0.2) is 0 Å². The van der Waals surface area contributed by atoms with E-state index in [1.54, 1.807) is 0 Å². The van der Waals surface area contributed by atoms with Crippen molar-refractivity contribution in [3.05, 3.63) is 35.9 Å². The SMILES string of the molecule is Cl.O=C(CC1CC2CCC(C1)N2)N1CCC(c2ccccc2)C1. The number of carbonyl (C=O) groups is 1. The summed E-state index contributed by atoms with van der Waals surface area (Å²) in [6, 6.07) is 12.0. The fourth-order valence-corrected chi connectivity index (χ4v) is 4.70. The average Bonchev–Trinajstić information content (AvgIpc) is 3.15. The van der Waals surface area contributed by atoms with Gasteiger partial charge in [0.15, 0.2) is 0 Å². The smallest absolute Gasteiger partial charge is 0.222 e. The Hall–Kier alpha value is -1.06. The third-order valence-corrected chi connectivity index (χ3v) is 5.85. The van der Waals surface area contributed by atoms with E-state index in [0.29, 0.717) is 29.8 Å². The van der Waals surface area contributed by atoms with E-state index in [1.165, 1.54) is 31.2 Å². The highest BCUT2D eigenvalue weighted by molar-refractivity contribution is 5.85. The van der Waals surface area contributed by atoms with Gasteiger partial charge in [-0.2, -0.15) is 0 Å². The topological polar surface area (TPSA) is 32.3 Å². The lowest BCUT2D eigenvalue weighted by molar-refractivity contribution is -0.131. The molecule has 1 aromatic carbocycles. The molecule has 3 atom stereocenters. The summed E-state index contributed by atoms with van der Waals surface area (Å²) < 4.78 is 0. The molecule has 1 N–H and O–H groups in total. The van der Waals surface area contributed by atoms with Gasteiger partial charge in [0.2, 0.25) is 5.91 Å². The summed E-state index contributed by atoms with van der Waals surface area (Å²) in [5.41, 5.74) is 1.39. The van der Waals surface area contributed by atoms with Crippen molar-refractivity contribution in [2.75, 3.05) is 13.1 Å². The fourth-order valence-electron chi connectivity index (χ4n) is 4.70. The van der Waals surface area contributed by atoms with Gasteiger partial charge >= 0.3 is 0 Å². The summed E-state index contributed by atoms with van der Waals surface area (Å²) in [5.74, 6) is 1.54. The Morgan fingerprint density at radius 2 is 1.78 bits per heavy atom. The maximum atomic E-state index is 12.6. The molecule has 1 amide bonds. The standard InChI is InChI=1S/C19H26N2O.ClH/c22-19(12-14-10-17-6-7-18(11-14)20-17)21-9-8-16(13-21)15-4-2-1-3-5-15;/h1-5,14,16-18,20H,6-13H2;1H. The molecule has 3 unspecified atom stereocenters. The second-order valence-electron chi connectivity index (χ2n) is 7.42. The molecule has 0 spiro atoms. The Morgan fingerprint density at radius 1 is 1.09 bits per heavy atom. The van der Waals surface area contributed by atoms with Crippen molar-refractivity contribution in [1.29, 1.82) is 0 Å². The highest BCUT2D eigenvalue weighted by Gasteiger charge is 2.35. The van der Waals surface area contributed by atoms with E-state index in [4.69, 9.17) is 0 Å². The molecule has 3 saturated heterocycles. The van der Waals surface area contributed by atoms with Crippen LogP contribution in [0.1, 0.15) is 50.0 Å². The summed E-state index contributed by atoms with van der Waals surface area (Å²) in [6.07, 6.45) is 6.93. The van der Waals surface area contributed by atoms with Crippen molar-refractivity contribution >= 4 is 18.3 Å². The number of carbonyl (C=O) groups excluding carboxylic acids is 1. The summed E-state index contributed by atoms with van der Waals surface area (Å²) >= 11 is 0. The van der Waals surface area contributed by atoms with Gasteiger partial charge in [0.05, 0.1) is 0 Å². The first-order valence-corrected chi connectivity index (χ1v) is 8.86. The van der Waals surface area contributed by atoms with Crippen molar-refractivity contribution in [3.63, 3.8) is 0 Å². The molecular weight excluding hydrogens is 308 g/mol. The van der Waals surface area contributed by atoms with Crippen molar-refractivity contribution in [1.82, 2.24) is 10.2 Å². The predicted molar refractivity (Wildman–Crippen MR) is 94.9 cm³/mol. The van der Waals surface area contributed by atoms with Gasteiger partial charge in [-0.05, 0) is 43.6 Å². The van der Waals surface area contributed by atoms with Crippen LogP contribution in [-0.4, -0.2) is 36.0 Å². The van der Waals surface area contributed by atoms with Gasteiger partial charge < -0.3 is 10.2 Å². The quantitative estimate of drug-likeness (QED) is 0.919. The van der Waals surface area contributed by atoms with Crippen LogP contribution < -0.4 is 5.32 Å². The van der Waals surface area contributed by atoms with E-state index in [0.717, 1.165) is 25.9 Å². The number of nitrogens with zero attached hydrogens (tertiary/aromatic N) is 1. The molecule has 126 valence electrons. The monoisotopic (exact) mass is 334 g/mol. The molecule has 0 aromatic heterocycles. The van der Waals surface area contributed by atoms with Crippen LogP contribution in [0.4, 0.5) is 0 Å². The predicted octanol–water partition coefficient (Wildman–Crippen LogP) is 3.35. The van der Waals surface area contributed by atoms with E-state index in [9.17, 15) is 4.79 Å². The highest BCUT2D eigenvalue weighted by Crippen LogP contribution is 2.34. The molecule has 0 saturated carbocycles. The van der Waals surface area contributed by atoms with Crippen LogP contribution in [0.25, 0.3) is 0 Å². The Labute approximate surface area is 145 Å². The highest BCUT2D eigenvalue weighted by atomic mass is 35.5. The Bertz CT molecular complexity index is 523. The lowest BCUT2D eigenvalue weighted by Crippen LogP contribution is -2.40. The first kappa shape index (κ1) is 16.8. The van der Waals surface area contributed by atoms with Gasteiger partial charge in [-0.15, -0.1) is 12.4 Å². The van der Waals surface area contributed by atoms with Crippen LogP contribution in [0.5, 0.6) is 0 Å². The Kier molecular flexibility index (Phi) is 5.27. The molecule has 3 heterocycles. The Balaban J connectivity index is 0.00000156. The molecule has 3 aliphatic rings. The number of halogens is 1. The van der Waals surface area contributed by atoms with Gasteiger partial charge in [0.25, 0.3) is 0 Å². The minimum Gasteiger partial charge on any atom is -0.342 e. The molecule has 4 rings (SSSR count). The third-order valence-electron chi connectivity index (χ3n) is 5.85. The molecule has 3 fully saturated rings. The molecule has 23 heavy (non-hydrogen) atoms. The Morgan fingerprint density at radius 3 is 2.48 bits per heavy atom. The summed E-state index contributed by atoms with van der Waals surface area (Å²) in [5, 5.41) is 3.67. The van der Waals surface area contributed by atoms with Gasteiger partial charge in [-0.3, -0.25) is 4.79 Å². The number of nitrogens with one attached hydrogen (secondary N) is 1. The number of piperidine rings is 1. The molecule has 3 aliphatic heterocycles. The van der Waals surface area contributed by atoms with Gasteiger partial charge in [0.1, 0.15) is 0 Å². The number of benzene rings is 1. The molecule has 0 radical (unpaired) electrons. The lowest BCUT2D eigenvalue weighted by atomic mass is 9.89. The maximum absolute atomic E-state index is 12.6. The first-order valence-electron chi connectivity index (χ1n) is 8.86. The summed E-state index contributed by atoms with van der Waals surface area (Å²) in [7, 11) is 0. The van der Waals surface area contributed by atoms with Gasteiger partial charge in [-0.1, -0.05) is 30.3 Å². The average molecular weight is 335 g/mol. The first-order chi connectivity index (χ1) is 10.8. The minimum absolute atomic E-state index is 0. The molecule has 0 aliphatic carbocycles. The maximum Gasteiger partial charge on any atom is 0.222 e. The van der Waals surface area contributed by atoms with Crippen molar-refractivity contribution < 1.29 is 4.79 Å². The molecule has 4 heteroatoms. The number of hydrogen-bond donors (Lipinski definition) is 1. The number of hydrogen-bond acceptors (Lipinski definition) is 2. The van der Waals surface area contributed by atoms with Crippen LogP contribution in [-0.2, 0) is 4.79 Å². The second-order valence-corrected chi connectivity index (χ2v) is 7.42. The zero-order valence-electron chi connectivity index (χ0n) is 13.6. The van der Waals surface area contributed by atoms with Crippen LogP contribution >= 0.6 is 12.4 Å². The van der Waals surface area contributed by atoms with Crippen LogP contribution in [0.3, 0.4) is 0 Å². The zero-order chi connectivity index (χ0) is 14.9. The van der Waals surface area contributed by atoms with E-state index < -0.39 is 0 Å². The van der Waals surface area contributed by atoms with Crippen LogP contribution in [0.2, 0.25) is 0 Å². The van der Waals surface area contributed by atoms with E-state index in [1.807, 2.05) is 0 Å². The number of fused-ring (bicyclic) bond motifs is 2. The number of rotatable bonds is 3. The summed E-state index contributed by atoms with van der Waals surface area (Å²) in [6.45, 7) is 1.86. The zero-order valence-corrected chi connectivity index (χ0v) is 14.4. The van der Waals surface area contributed by atoms with E-state index in [2.05, 4.69) is 40.5 Å². The summed E-state index contributed by atoms with van der Waals surface area (Å²) in [4.78, 5) is 14.7. The third kappa shape index (κ3) is 3.72. The fraction of sp³-hybridized carbons (Fsp3) is 0.632. The number of amides is 1. The van der Waals surface area contributed by atoms with E-state index >= 15 is 0 Å². The van der Waals surface area contributed by atoms with Crippen LogP contribution in [0.15, 0.2) is 30.3 Å². The van der Waals surface area contributed by atoms with Crippen molar-refractivity contribution in [2.45, 2.75) is 56.5 Å². The minimum atomic E-state index is 0. The van der Waals surface area contributed by atoms with Crippen molar-refractivity contribution in [3.8, 4) is 0 Å². The van der Waals surface area contributed by atoms with Gasteiger partial charge in [0, 0.05) is 37.5 Å². The van der Waals surface area contributed by atoms with Crippen LogP contribution in [0, 0.1) is 5.92 Å². The normalized spacial score (nSPS) is 32.6. The lowest BCUT2D eigenvalue weighted by Gasteiger charge is -2.30. The molecule has 3 nitrogen and oxygen atoms in total. The number of likely N-dealkylation sites (tertiary alicyclic amines) is 1. The largest absolute Gasteiger partial charge is 0.342 e. The molecular formula is C19H27ClN2O. The molecule has 2 bridgehead atoms. The molecule has 1 aromatic rings. The van der Waals surface area contributed by atoms with E-state index in [-0.39, 0.29) is 12.4 Å². The second kappa shape index (κ2) is 7.23. The van der Waals surface area contributed by atoms with Crippen molar-refractivity contribution in [2.24, 2.45) is 5.92 Å².